The summed E-state index contributed by atoms with van der Waals surface area (Å²) in [6.07, 6.45) is 1.37. The molecular formula is C9H4I2N4O4. The zero-order chi connectivity index (χ0) is 14.2. The Morgan fingerprint density at radius 1 is 1.42 bits per heavy atom. The summed E-state index contributed by atoms with van der Waals surface area (Å²) in [4.78, 5) is 29.1. The van der Waals surface area contributed by atoms with Crippen molar-refractivity contribution in [2.75, 3.05) is 0 Å². The Kier molecular flexibility index (Phi) is 3.98. The van der Waals surface area contributed by atoms with Crippen molar-refractivity contribution in [2.45, 2.75) is 0 Å². The lowest BCUT2D eigenvalue weighted by Gasteiger charge is -2.05. The predicted octanol–water partition coefficient (Wildman–Crippen LogP) is 2.08. The lowest BCUT2D eigenvalue weighted by molar-refractivity contribution is -0.384. The molecular weight excluding hydrogens is 482 g/mol. The van der Waals surface area contributed by atoms with E-state index in [1.807, 2.05) is 45.2 Å². The number of hydrogen-bond acceptors (Lipinski definition) is 5. The molecule has 1 N–H and O–H groups in total. The average molecular weight is 486 g/mol. The number of halogens is 2. The maximum absolute atomic E-state index is 11.0. The normalized spacial score (nSPS) is 10.4. The second-order valence-electron chi connectivity index (χ2n) is 3.30. The summed E-state index contributed by atoms with van der Waals surface area (Å²) in [7, 11) is 0. The van der Waals surface area contributed by atoms with E-state index in [-0.39, 0.29) is 17.2 Å². The second kappa shape index (κ2) is 5.36. The molecule has 0 unspecified atom stereocenters. The number of imidazole rings is 1. The molecule has 0 radical (unpaired) electrons. The third-order valence-electron chi connectivity index (χ3n) is 2.17. The van der Waals surface area contributed by atoms with E-state index in [9.17, 15) is 14.9 Å². The van der Waals surface area contributed by atoms with Gasteiger partial charge in [-0.3, -0.25) is 14.7 Å². The van der Waals surface area contributed by atoms with Crippen molar-refractivity contribution < 1.29 is 14.8 Å². The molecule has 0 aliphatic carbocycles. The second-order valence-corrected chi connectivity index (χ2v) is 5.34. The summed E-state index contributed by atoms with van der Waals surface area (Å²) in [5.74, 6) is -1.31. The topological polar surface area (TPSA) is 111 Å². The van der Waals surface area contributed by atoms with Crippen molar-refractivity contribution in [3.63, 3.8) is 0 Å². The standard InChI is InChI=1S/C9H4I2N4O4/c10-6-7(11)14(3-12-6)8-5(15(18)19)2-1-4(13-8)9(16)17/h1-3H,(H,16,17). The monoisotopic (exact) mass is 486 g/mol. The number of carbonyl (C=O) groups is 1. The van der Waals surface area contributed by atoms with Crippen LogP contribution in [0.4, 0.5) is 5.69 Å². The molecule has 0 spiro atoms. The molecule has 0 bridgehead atoms. The Bertz CT molecular complexity index is 685. The Morgan fingerprint density at radius 3 is 2.58 bits per heavy atom. The van der Waals surface area contributed by atoms with Gasteiger partial charge in [0, 0.05) is 6.07 Å². The van der Waals surface area contributed by atoms with Crippen LogP contribution in [0.25, 0.3) is 5.82 Å². The molecule has 2 aromatic rings. The number of aromatic carboxylic acids is 1. The molecule has 0 amide bonds. The van der Waals surface area contributed by atoms with Gasteiger partial charge < -0.3 is 5.11 Å². The summed E-state index contributed by atoms with van der Waals surface area (Å²) in [6, 6.07) is 2.22. The van der Waals surface area contributed by atoms with Crippen LogP contribution in [0.3, 0.4) is 0 Å². The van der Waals surface area contributed by atoms with Gasteiger partial charge in [0.1, 0.15) is 13.7 Å². The van der Waals surface area contributed by atoms with Crippen molar-refractivity contribution in [1.29, 1.82) is 0 Å². The molecule has 0 fully saturated rings. The summed E-state index contributed by atoms with van der Waals surface area (Å²) in [5.41, 5.74) is -0.545. The Morgan fingerprint density at radius 2 is 2.11 bits per heavy atom. The van der Waals surface area contributed by atoms with Crippen LogP contribution < -0.4 is 0 Å². The highest BCUT2D eigenvalue weighted by molar-refractivity contribution is 14.1. The van der Waals surface area contributed by atoms with Crippen LogP contribution in [-0.2, 0) is 0 Å². The highest BCUT2D eigenvalue weighted by atomic mass is 127. The van der Waals surface area contributed by atoms with Crippen molar-refractivity contribution in [1.82, 2.24) is 14.5 Å². The molecule has 8 nitrogen and oxygen atoms in total. The van der Waals surface area contributed by atoms with Crippen LogP contribution in [0.1, 0.15) is 10.5 Å². The Hall–Kier alpha value is -1.31. The van der Waals surface area contributed by atoms with Gasteiger partial charge in [0.2, 0.25) is 5.82 Å². The average Bonchev–Trinajstić information content (AvgIpc) is 2.69. The van der Waals surface area contributed by atoms with E-state index >= 15 is 0 Å². The third-order valence-corrected chi connectivity index (χ3v) is 5.02. The number of carboxylic acids is 1. The zero-order valence-corrected chi connectivity index (χ0v) is 13.3. The Labute approximate surface area is 133 Å². The molecule has 98 valence electrons. The maximum atomic E-state index is 11.0. The van der Waals surface area contributed by atoms with Crippen molar-refractivity contribution in [3.8, 4) is 5.82 Å². The first kappa shape index (κ1) is 14.1. The number of carboxylic acid groups (broad SMARTS) is 1. The molecule has 19 heavy (non-hydrogen) atoms. The molecule has 0 saturated carbocycles. The van der Waals surface area contributed by atoms with Gasteiger partial charge in [-0.05, 0) is 51.2 Å². The number of nitro groups is 1. The van der Waals surface area contributed by atoms with E-state index in [0.29, 0.717) is 7.40 Å². The molecule has 10 heteroatoms. The summed E-state index contributed by atoms with van der Waals surface area (Å²) in [5, 5.41) is 19.9. The van der Waals surface area contributed by atoms with E-state index in [1.54, 1.807) is 0 Å². The van der Waals surface area contributed by atoms with Gasteiger partial charge in [0.05, 0.1) is 4.92 Å². The molecule has 0 aliphatic heterocycles. The van der Waals surface area contributed by atoms with E-state index in [4.69, 9.17) is 5.11 Å². The number of rotatable bonds is 3. The molecule has 0 saturated heterocycles. The first-order chi connectivity index (χ1) is 8.91. The first-order valence-electron chi connectivity index (χ1n) is 4.69. The lowest BCUT2D eigenvalue weighted by atomic mass is 10.3. The number of nitrogens with zero attached hydrogens (tertiary/aromatic N) is 4. The smallest absolute Gasteiger partial charge is 0.354 e. The summed E-state index contributed by atoms with van der Waals surface area (Å²) in [6.45, 7) is 0. The molecule has 2 heterocycles. The number of hydrogen-bond donors (Lipinski definition) is 1. The van der Waals surface area contributed by atoms with Crippen molar-refractivity contribution in [2.24, 2.45) is 0 Å². The molecule has 0 atom stereocenters. The number of aromatic nitrogens is 3. The molecule has 2 rings (SSSR count). The fourth-order valence-corrected chi connectivity index (χ4v) is 2.22. The van der Waals surface area contributed by atoms with Gasteiger partial charge in [0.25, 0.3) is 0 Å². The Balaban J connectivity index is 2.71. The minimum Gasteiger partial charge on any atom is -0.477 e. The zero-order valence-electron chi connectivity index (χ0n) is 8.95. The lowest BCUT2D eigenvalue weighted by Crippen LogP contribution is -2.08. The molecule has 0 aromatic carbocycles. The van der Waals surface area contributed by atoms with Crippen LogP contribution >= 0.6 is 45.2 Å². The van der Waals surface area contributed by atoms with Gasteiger partial charge in [-0.25, -0.2) is 14.8 Å². The highest BCUT2D eigenvalue weighted by Crippen LogP contribution is 2.25. The van der Waals surface area contributed by atoms with Crippen LogP contribution in [-0.4, -0.2) is 30.5 Å². The highest BCUT2D eigenvalue weighted by Gasteiger charge is 2.22. The SMILES string of the molecule is O=C(O)c1ccc([N+](=O)[O-])c(-n2cnc(I)c2I)n1. The van der Waals surface area contributed by atoms with E-state index < -0.39 is 10.9 Å². The molecule has 0 aliphatic rings. The maximum Gasteiger partial charge on any atom is 0.354 e. The van der Waals surface area contributed by atoms with Crippen molar-refractivity contribution >= 4 is 56.8 Å². The largest absolute Gasteiger partial charge is 0.477 e. The molecule has 2 aromatic heterocycles. The van der Waals surface area contributed by atoms with Gasteiger partial charge in [0.15, 0.2) is 5.69 Å². The van der Waals surface area contributed by atoms with Gasteiger partial charge in [-0.15, -0.1) is 0 Å². The van der Waals surface area contributed by atoms with E-state index in [0.717, 1.165) is 12.1 Å². The number of pyridine rings is 1. The van der Waals surface area contributed by atoms with Gasteiger partial charge in [-0.2, -0.15) is 0 Å². The van der Waals surface area contributed by atoms with Crippen LogP contribution in [0.2, 0.25) is 0 Å². The van der Waals surface area contributed by atoms with Gasteiger partial charge >= 0.3 is 11.7 Å². The van der Waals surface area contributed by atoms with Crippen LogP contribution in [0.15, 0.2) is 18.5 Å². The summed E-state index contributed by atoms with van der Waals surface area (Å²) >= 11 is 3.93. The van der Waals surface area contributed by atoms with Crippen molar-refractivity contribution in [3.05, 3.63) is 41.7 Å². The fraction of sp³-hybridized carbons (Fsp3) is 0. The first-order valence-corrected chi connectivity index (χ1v) is 6.85. The van der Waals surface area contributed by atoms with Crippen LogP contribution in [0.5, 0.6) is 0 Å². The van der Waals surface area contributed by atoms with Crippen LogP contribution in [0, 0.1) is 17.5 Å². The summed E-state index contributed by atoms with van der Waals surface area (Å²) < 4.78 is 2.65. The quantitative estimate of drug-likeness (QED) is 0.405. The van der Waals surface area contributed by atoms with E-state index in [2.05, 4.69) is 9.97 Å². The predicted molar refractivity (Wildman–Crippen MR) is 80.4 cm³/mol. The van der Waals surface area contributed by atoms with Gasteiger partial charge in [-0.1, -0.05) is 0 Å². The third kappa shape index (κ3) is 2.68. The minimum atomic E-state index is -1.25. The van der Waals surface area contributed by atoms with E-state index in [1.165, 1.54) is 10.9 Å². The minimum absolute atomic E-state index is 0.0651. The fourth-order valence-electron chi connectivity index (χ4n) is 1.34.